The predicted octanol–water partition coefficient (Wildman–Crippen LogP) is 6.14. The Balaban J connectivity index is 1.14. The molecule has 9 rings (SSSR count). The first-order valence-electron chi connectivity index (χ1n) is 19.0. The number of piperidine rings is 2. The summed E-state index contributed by atoms with van der Waals surface area (Å²) in [6.45, 7) is 2.56. The Bertz CT molecular complexity index is 2180. The second kappa shape index (κ2) is 13.5. The van der Waals surface area contributed by atoms with Gasteiger partial charge in [0, 0.05) is 43.4 Å². The fourth-order valence-electron chi connectivity index (χ4n) is 9.80. The Hall–Kier alpha value is -4.85. The third kappa shape index (κ3) is 5.93. The Morgan fingerprint density at radius 1 is 1.09 bits per heavy atom. The number of carbonyl (C=O) groups is 1. The highest BCUT2D eigenvalue weighted by atomic mass is 19.1. The number of hydrogen-bond acceptors (Lipinski definition) is 10. The van der Waals surface area contributed by atoms with Crippen molar-refractivity contribution in [3.05, 3.63) is 42.0 Å². The van der Waals surface area contributed by atoms with Gasteiger partial charge < -0.3 is 34.3 Å². The summed E-state index contributed by atoms with van der Waals surface area (Å²) in [6.07, 6.45) is 10.9. The first-order chi connectivity index (χ1) is 26.2. The molecule has 4 aromatic rings. The number of amides is 1. The van der Waals surface area contributed by atoms with E-state index >= 15 is 8.78 Å². The van der Waals surface area contributed by atoms with Crippen molar-refractivity contribution in [1.29, 1.82) is 0 Å². The molecule has 1 amide bonds. The summed E-state index contributed by atoms with van der Waals surface area (Å²) in [5, 5.41) is 14.1. The van der Waals surface area contributed by atoms with Gasteiger partial charge in [0.15, 0.2) is 11.9 Å². The van der Waals surface area contributed by atoms with Crippen molar-refractivity contribution in [1.82, 2.24) is 20.3 Å². The fraction of sp³-hybridized carbons (Fsp3) is 0.525. The summed E-state index contributed by atoms with van der Waals surface area (Å²) in [4.78, 5) is 28.4. The molecular formula is C40H45F2N6O6+. The predicted molar refractivity (Wildman–Crippen MR) is 197 cm³/mol. The number of pyridine rings is 1. The maximum absolute atomic E-state index is 17.2. The van der Waals surface area contributed by atoms with Crippen LogP contribution in [0, 0.1) is 23.0 Å². The minimum atomic E-state index is -0.833. The Labute approximate surface area is 311 Å². The average molecular weight is 744 g/mol. The average Bonchev–Trinajstić information content (AvgIpc) is 3.75. The van der Waals surface area contributed by atoms with Gasteiger partial charge in [-0.15, -0.1) is 0 Å². The lowest BCUT2D eigenvalue weighted by Gasteiger charge is -2.39. The second-order valence-electron chi connectivity index (χ2n) is 15.8. The molecule has 12 nitrogen and oxygen atoms in total. The van der Waals surface area contributed by atoms with Gasteiger partial charge in [0.2, 0.25) is 5.88 Å². The van der Waals surface area contributed by atoms with Gasteiger partial charge in [-0.2, -0.15) is 9.97 Å². The molecule has 3 saturated heterocycles. The molecule has 2 saturated carbocycles. The molecule has 284 valence electrons. The summed E-state index contributed by atoms with van der Waals surface area (Å²) in [7, 11) is 3.20. The second-order valence-corrected chi connectivity index (χ2v) is 15.8. The van der Waals surface area contributed by atoms with Gasteiger partial charge in [-0.3, -0.25) is 0 Å². The molecular weight excluding hydrogens is 698 g/mol. The summed E-state index contributed by atoms with van der Waals surface area (Å²) >= 11 is 0. The zero-order valence-corrected chi connectivity index (χ0v) is 30.6. The van der Waals surface area contributed by atoms with E-state index in [2.05, 4.69) is 21.1 Å². The fourth-order valence-corrected chi connectivity index (χ4v) is 9.80. The molecule has 54 heavy (non-hydrogen) atoms. The van der Waals surface area contributed by atoms with Gasteiger partial charge in [0.25, 0.3) is 0 Å². The smallest absolute Gasteiger partial charge is 0.407 e. The molecule has 14 heteroatoms. The molecule has 2 aromatic heterocycles. The molecule has 2 N–H and O–H groups in total. The van der Waals surface area contributed by atoms with Crippen LogP contribution in [0.15, 0.2) is 30.3 Å². The molecule has 5 fully saturated rings. The van der Waals surface area contributed by atoms with Crippen LogP contribution in [-0.4, -0.2) is 102 Å². The number of nitrogens with one attached hydrogen (secondary N) is 1. The topological polar surface area (TPSA) is 131 Å². The van der Waals surface area contributed by atoms with E-state index in [4.69, 9.17) is 28.9 Å². The lowest BCUT2D eigenvalue weighted by atomic mass is 9.75. The van der Waals surface area contributed by atoms with Crippen LogP contribution in [0.2, 0.25) is 0 Å². The molecule has 5 aliphatic rings. The van der Waals surface area contributed by atoms with Gasteiger partial charge in [-0.25, -0.2) is 23.1 Å². The number of aromatic nitrogens is 3. The van der Waals surface area contributed by atoms with Crippen LogP contribution in [0.3, 0.4) is 0 Å². The molecule has 2 aromatic carbocycles. The van der Waals surface area contributed by atoms with E-state index in [9.17, 15) is 9.90 Å². The number of ether oxygens (including phenoxy) is 4. The first-order valence-corrected chi connectivity index (χ1v) is 19.0. The van der Waals surface area contributed by atoms with Crippen LogP contribution in [-0.2, 0) is 9.47 Å². The molecule has 1 unspecified atom stereocenters. The van der Waals surface area contributed by atoms with Crippen molar-refractivity contribution in [3.8, 4) is 28.9 Å². The van der Waals surface area contributed by atoms with E-state index in [0.717, 1.165) is 51.5 Å². The summed E-state index contributed by atoms with van der Waals surface area (Å²) in [5.74, 6) is -0.714. The third-order valence-corrected chi connectivity index (χ3v) is 12.5. The maximum atomic E-state index is 17.2. The molecule has 2 aliphatic carbocycles. The number of methoxy groups -OCH3 is 2. The van der Waals surface area contributed by atoms with E-state index < -0.39 is 23.3 Å². The van der Waals surface area contributed by atoms with Crippen molar-refractivity contribution in [3.63, 3.8) is 0 Å². The van der Waals surface area contributed by atoms with Crippen LogP contribution in [0.25, 0.3) is 32.9 Å². The number of carbonyl (C=O) groups excluding carboxylic acids is 1. The van der Waals surface area contributed by atoms with Gasteiger partial charge >= 0.3 is 12.1 Å². The number of rotatable bonds is 8. The molecule has 1 spiro atoms. The zero-order chi connectivity index (χ0) is 37.2. The van der Waals surface area contributed by atoms with E-state index in [1.807, 2.05) is 4.90 Å². The minimum Gasteiger partial charge on any atom is -0.508 e. The van der Waals surface area contributed by atoms with E-state index in [0.29, 0.717) is 68.4 Å². The minimum absolute atomic E-state index is 0.00627. The number of anilines is 1. The van der Waals surface area contributed by atoms with Crippen molar-refractivity contribution >= 4 is 39.8 Å². The van der Waals surface area contributed by atoms with Crippen LogP contribution in [0.5, 0.6) is 17.6 Å². The maximum Gasteiger partial charge on any atom is 0.407 e. The van der Waals surface area contributed by atoms with Crippen LogP contribution >= 0.6 is 0 Å². The lowest BCUT2D eigenvalue weighted by molar-refractivity contribution is -0.591. The van der Waals surface area contributed by atoms with Crippen molar-refractivity contribution in [2.75, 3.05) is 51.9 Å². The standard InChI is InChI=1S/C40H44F2N6O6/c1-51-26-15-23(16-26)19-47-13-5-11-39(10-4-9-29(39)47)22-53-37-45-34-31(35(46-37)48-14-6-12-40(21-48)20-43-38(50)54-40)36(52-2)44-33(32(34)42)27-18-25(49)17-24-7-3-8-28(41)30(24)27/h3,7-8,17-19,23,26,29H,4-6,9-16,20-22H2,1-2H3,(H-,43,49,50)/p+1/t23?,26?,29?,39-,40+/m1/s1. The number of hydrogen-bond donors (Lipinski definition) is 2. The molecule has 3 atom stereocenters. The van der Waals surface area contributed by atoms with Gasteiger partial charge in [0.05, 0.1) is 31.7 Å². The summed E-state index contributed by atoms with van der Waals surface area (Å²) in [5.41, 5.74) is -1.19. The number of alkyl carbamates (subject to hydrolysis) is 1. The molecule has 3 aliphatic heterocycles. The number of benzene rings is 2. The number of phenolic OH excluding ortho intramolecular Hbond substituents is 1. The third-order valence-electron chi connectivity index (χ3n) is 12.5. The molecule has 5 heterocycles. The van der Waals surface area contributed by atoms with E-state index in [1.165, 1.54) is 31.4 Å². The van der Waals surface area contributed by atoms with Crippen molar-refractivity contribution in [2.45, 2.75) is 75.5 Å². The van der Waals surface area contributed by atoms with Gasteiger partial charge in [-0.1, -0.05) is 12.1 Å². The number of phenols is 1. The number of fused-ring (bicyclic) bond motifs is 3. The van der Waals surface area contributed by atoms with E-state index in [-0.39, 0.29) is 50.6 Å². The number of aromatic hydroxyl groups is 1. The number of nitrogens with zero attached hydrogens (tertiary/aromatic N) is 5. The largest absolute Gasteiger partial charge is 0.508 e. The SMILES string of the molecule is COc1nc(-c2cc(O)cc3cccc(F)c23)c(F)c2nc(OC[C@]34CCCC3[N+](=CC3CC(OC)C3)CCC4)nc(N3CCC[C@]4(CNC(=O)O4)C3)c12. The molecule has 0 bridgehead atoms. The normalized spacial score (nSPS) is 28.7. The number of halogens is 2. The first kappa shape index (κ1) is 34.9. The van der Waals surface area contributed by atoms with Gasteiger partial charge in [-0.05, 0) is 68.5 Å². The Morgan fingerprint density at radius 3 is 2.74 bits per heavy atom. The van der Waals surface area contributed by atoms with Crippen LogP contribution in [0.4, 0.5) is 19.4 Å². The van der Waals surface area contributed by atoms with Crippen LogP contribution in [0.1, 0.15) is 57.8 Å². The van der Waals surface area contributed by atoms with Crippen LogP contribution < -0.4 is 19.7 Å². The molecule has 0 radical (unpaired) electrons. The van der Waals surface area contributed by atoms with Crippen molar-refractivity contribution in [2.24, 2.45) is 11.3 Å². The Morgan fingerprint density at radius 2 is 1.94 bits per heavy atom. The summed E-state index contributed by atoms with van der Waals surface area (Å²) < 4.78 is 58.9. The monoisotopic (exact) mass is 743 g/mol. The Kier molecular flexibility index (Phi) is 8.70. The van der Waals surface area contributed by atoms with Gasteiger partial charge in [0.1, 0.15) is 58.9 Å². The zero-order valence-electron chi connectivity index (χ0n) is 30.6. The lowest BCUT2D eigenvalue weighted by Crippen LogP contribution is -2.51. The quantitative estimate of drug-likeness (QED) is 0.203. The summed E-state index contributed by atoms with van der Waals surface area (Å²) in [6, 6.07) is 7.49. The highest BCUT2D eigenvalue weighted by Crippen LogP contribution is 2.48. The van der Waals surface area contributed by atoms with E-state index in [1.54, 1.807) is 13.2 Å². The highest BCUT2D eigenvalue weighted by Gasteiger charge is 2.53. The van der Waals surface area contributed by atoms with Crippen molar-refractivity contribution < 1.29 is 42.2 Å². The highest BCUT2D eigenvalue weighted by molar-refractivity contribution is 6.02.